The molecule has 0 aromatic heterocycles. The zero-order valence-corrected chi connectivity index (χ0v) is 17.4. The van der Waals surface area contributed by atoms with E-state index in [9.17, 15) is 24.6 Å². The van der Waals surface area contributed by atoms with Crippen LogP contribution in [0, 0.1) is 22.7 Å². The van der Waals surface area contributed by atoms with E-state index in [1.807, 2.05) is 13.0 Å². The number of esters is 1. The highest BCUT2D eigenvalue weighted by Gasteiger charge is 2.68. The predicted octanol–water partition coefficient (Wildman–Crippen LogP) is 2.27. The maximum absolute atomic E-state index is 12.9. The largest absolute Gasteiger partial charge is 0.458 e. The zero-order valence-electron chi connectivity index (χ0n) is 17.4. The topological polar surface area (TPSA) is 101 Å². The lowest BCUT2D eigenvalue weighted by atomic mass is 9.50. The molecule has 29 heavy (non-hydrogen) atoms. The van der Waals surface area contributed by atoms with Gasteiger partial charge in [0, 0.05) is 24.2 Å². The second-order valence-electron chi connectivity index (χ2n) is 9.72. The summed E-state index contributed by atoms with van der Waals surface area (Å²) in [6.07, 6.45) is 6.60. The van der Waals surface area contributed by atoms with Gasteiger partial charge in [-0.3, -0.25) is 14.4 Å². The molecule has 4 aliphatic carbocycles. The Kier molecular flexibility index (Phi) is 4.67. The third kappa shape index (κ3) is 2.72. The first kappa shape index (κ1) is 20.5. The lowest BCUT2D eigenvalue weighted by molar-refractivity contribution is -0.174. The highest BCUT2D eigenvalue weighted by molar-refractivity contribution is 5.92. The van der Waals surface area contributed by atoms with E-state index >= 15 is 0 Å². The molecule has 0 heterocycles. The van der Waals surface area contributed by atoms with Gasteiger partial charge in [-0.05, 0) is 50.0 Å². The van der Waals surface area contributed by atoms with E-state index in [2.05, 4.69) is 13.0 Å². The van der Waals surface area contributed by atoms with Crippen LogP contribution in [-0.4, -0.2) is 46.1 Å². The number of carbonyl (C=O) groups excluding carboxylic acids is 3. The standard InChI is InChI=1S/C23H30O6/c1-13(24)29-12-20(27)23(28)19(26)11-18-16-5-4-14-10-15(25)6-8-21(14,2)17(16)7-9-22(18,23)3/h7,10,16,18-19,26,28H,4-6,8-9,11-12H2,1-3H3/t16-,18-,19-,21-,22-,23+/m1/s1. The van der Waals surface area contributed by atoms with E-state index in [1.54, 1.807) is 0 Å². The van der Waals surface area contributed by atoms with Crippen molar-refractivity contribution < 1.29 is 29.3 Å². The van der Waals surface area contributed by atoms with Gasteiger partial charge in [0.1, 0.15) is 0 Å². The fraction of sp³-hybridized carbons (Fsp3) is 0.696. The molecule has 0 radical (unpaired) electrons. The second-order valence-corrected chi connectivity index (χ2v) is 9.72. The molecule has 0 unspecified atom stereocenters. The van der Waals surface area contributed by atoms with Crippen LogP contribution in [0.25, 0.3) is 0 Å². The van der Waals surface area contributed by atoms with Crippen molar-refractivity contribution in [3.8, 4) is 0 Å². The highest BCUT2D eigenvalue weighted by Crippen LogP contribution is 2.65. The van der Waals surface area contributed by atoms with Gasteiger partial charge in [0.25, 0.3) is 0 Å². The number of Topliss-reactive ketones (excluding diaryl/α,β-unsaturated/α-hetero) is 1. The summed E-state index contributed by atoms with van der Waals surface area (Å²) in [4.78, 5) is 35.9. The summed E-state index contributed by atoms with van der Waals surface area (Å²) in [7, 11) is 0. The Morgan fingerprint density at radius 3 is 2.69 bits per heavy atom. The minimum absolute atomic E-state index is 0.0419. The number of carbonyl (C=O) groups is 3. The van der Waals surface area contributed by atoms with Crippen molar-refractivity contribution in [2.45, 2.75) is 71.0 Å². The molecule has 0 amide bonds. The molecule has 2 fully saturated rings. The van der Waals surface area contributed by atoms with Crippen LogP contribution >= 0.6 is 0 Å². The van der Waals surface area contributed by atoms with E-state index in [0.717, 1.165) is 19.3 Å². The lowest BCUT2D eigenvalue weighted by Gasteiger charge is -2.54. The van der Waals surface area contributed by atoms with Crippen molar-refractivity contribution in [2.75, 3.05) is 6.61 Å². The maximum atomic E-state index is 12.9. The molecule has 158 valence electrons. The van der Waals surface area contributed by atoms with Gasteiger partial charge >= 0.3 is 5.97 Å². The summed E-state index contributed by atoms with van der Waals surface area (Å²) < 4.78 is 4.84. The van der Waals surface area contributed by atoms with Gasteiger partial charge in [-0.15, -0.1) is 0 Å². The molecule has 0 aliphatic heterocycles. The Bertz CT molecular complexity index is 840. The molecule has 6 heteroatoms. The van der Waals surface area contributed by atoms with Crippen LogP contribution in [0.4, 0.5) is 0 Å². The van der Waals surface area contributed by atoms with E-state index < -0.39 is 35.5 Å². The predicted molar refractivity (Wildman–Crippen MR) is 105 cm³/mol. The van der Waals surface area contributed by atoms with Crippen molar-refractivity contribution in [1.29, 1.82) is 0 Å². The first-order chi connectivity index (χ1) is 13.5. The van der Waals surface area contributed by atoms with Gasteiger partial charge in [0.05, 0.1) is 6.10 Å². The van der Waals surface area contributed by atoms with E-state index in [1.165, 1.54) is 18.1 Å². The fourth-order valence-electron chi connectivity index (χ4n) is 6.66. The van der Waals surface area contributed by atoms with Gasteiger partial charge in [-0.2, -0.15) is 0 Å². The monoisotopic (exact) mass is 402 g/mol. The van der Waals surface area contributed by atoms with Gasteiger partial charge in [0.2, 0.25) is 5.78 Å². The summed E-state index contributed by atoms with van der Waals surface area (Å²) in [6, 6.07) is 0. The maximum Gasteiger partial charge on any atom is 0.303 e. The second kappa shape index (κ2) is 6.61. The smallest absolute Gasteiger partial charge is 0.303 e. The average Bonchev–Trinajstić information content (AvgIpc) is 2.88. The molecule has 0 saturated heterocycles. The number of rotatable bonds is 3. The number of fused-ring (bicyclic) bond motifs is 5. The molecule has 0 aromatic rings. The Labute approximate surface area is 171 Å². The minimum Gasteiger partial charge on any atom is -0.458 e. The van der Waals surface area contributed by atoms with Crippen molar-refractivity contribution in [3.63, 3.8) is 0 Å². The Hall–Kier alpha value is -1.79. The molecule has 0 bridgehead atoms. The number of hydrogen-bond acceptors (Lipinski definition) is 6. The fourth-order valence-corrected chi connectivity index (χ4v) is 6.66. The number of ketones is 2. The Morgan fingerprint density at radius 1 is 1.28 bits per heavy atom. The van der Waals surface area contributed by atoms with Crippen LogP contribution < -0.4 is 0 Å². The van der Waals surface area contributed by atoms with Crippen LogP contribution in [0.5, 0.6) is 0 Å². The van der Waals surface area contributed by atoms with E-state index in [-0.39, 0.29) is 23.0 Å². The summed E-state index contributed by atoms with van der Waals surface area (Å²) >= 11 is 0. The summed E-state index contributed by atoms with van der Waals surface area (Å²) in [6.45, 7) is 4.77. The molecule has 2 saturated carbocycles. The Balaban J connectivity index is 1.70. The molecular weight excluding hydrogens is 372 g/mol. The summed E-state index contributed by atoms with van der Waals surface area (Å²) in [5, 5.41) is 22.3. The highest BCUT2D eigenvalue weighted by atomic mass is 16.5. The summed E-state index contributed by atoms with van der Waals surface area (Å²) in [5.41, 5.74) is -0.409. The van der Waals surface area contributed by atoms with Crippen molar-refractivity contribution in [1.82, 2.24) is 0 Å². The van der Waals surface area contributed by atoms with Gasteiger partial charge < -0.3 is 14.9 Å². The number of ether oxygens (including phenoxy) is 1. The van der Waals surface area contributed by atoms with Gasteiger partial charge in [-0.1, -0.05) is 31.1 Å². The third-order valence-corrected chi connectivity index (χ3v) is 8.39. The lowest BCUT2D eigenvalue weighted by Crippen LogP contribution is -2.59. The summed E-state index contributed by atoms with van der Waals surface area (Å²) in [5.74, 6) is -0.908. The minimum atomic E-state index is -1.94. The molecule has 2 N–H and O–H groups in total. The molecular formula is C23H30O6. The van der Waals surface area contributed by atoms with E-state index in [4.69, 9.17) is 4.74 Å². The van der Waals surface area contributed by atoms with Crippen molar-refractivity contribution in [3.05, 3.63) is 23.3 Å². The molecule has 6 nitrogen and oxygen atoms in total. The van der Waals surface area contributed by atoms with Gasteiger partial charge in [-0.25, -0.2) is 0 Å². The number of aliphatic hydroxyl groups is 2. The van der Waals surface area contributed by atoms with Crippen molar-refractivity contribution >= 4 is 17.5 Å². The average molecular weight is 402 g/mol. The first-order valence-corrected chi connectivity index (χ1v) is 10.6. The third-order valence-electron chi connectivity index (χ3n) is 8.39. The molecule has 0 spiro atoms. The van der Waals surface area contributed by atoms with E-state index in [0.29, 0.717) is 19.3 Å². The molecule has 6 atom stereocenters. The van der Waals surface area contributed by atoms with Gasteiger partial charge in [0.15, 0.2) is 18.0 Å². The molecule has 0 aromatic carbocycles. The quantitative estimate of drug-likeness (QED) is 0.555. The SMILES string of the molecule is CC(=O)OCC(=O)[C@@]1(O)[C@H](O)C[C@@H]2[C@@H]3CCC4=CC(=O)CC[C@@]4(C)C3=CC[C@]21C. The molecule has 4 aliphatic rings. The van der Waals surface area contributed by atoms with Crippen LogP contribution in [0.2, 0.25) is 0 Å². The molecule has 4 rings (SSSR count). The van der Waals surface area contributed by atoms with Crippen LogP contribution in [0.3, 0.4) is 0 Å². The van der Waals surface area contributed by atoms with Crippen LogP contribution in [0.1, 0.15) is 59.3 Å². The number of hydrogen-bond donors (Lipinski definition) is 2. The van der Waals surface area contributed by atoms with Crippen molar-refractivity contribution in [2.24, 2.45) is 22.7 Å². The number of allylic oxidation sites excluding steroid dienone is 4. The normalized spacial score (nSPS) is 43.5. The zero-order chi connectivity index (χ0) is 21.2. The number of aliphatic hydroxyl groups excluding tert-OH is 1. The van der Waals surface area contributed by atoms with Crippen LogP contribution in [-0.2, 0) is 19.1 Å². The first-order valence-electron chi connectivity index (χ1n) is 10.6. The van der Waals surface area contributed by atoms with Crippen LogP contribution in [0.15, 0.2) is 23.3 Å². The Morgan fingerprint density at radius 2 is 2.00 bits per heavy atom.